The van der Waals surface area contributed by atoms with Crippen molar-refractivity contribution in [3.63, 3.8) is 0 Å². The number of carbonyl (C=O) groups excluding carboxylic acids is 2. The molecule has 1 saturated heterocycles. The number of hydrogen-bond donors (Lipinski definition) is 1. The Morgan fingerprint density at radius 2 is 1.72 bits per heavy atom. The number of rotatable bonds is 8. The molecule has 0 radical (unpaired) electrons. The highest BCUT2D eigenvalue weighted by atomic mass is 19.4. The molecule has 2 atom stereocenters. The standard InChI is InChI=1S/C31H27F4N5O3/c1-30(29(42)38-24-10-14-26(15-11-24)43-25-12-8-23(32)9-13-25)16-21(17-40(30)28(41)18-39-20-36-19-37-39)6-7-22-4-2-3-5-27(22)31(33,34)35/h2-15,19-21H,16-18H2,1H3,(H,38,42)/b7-6+. The fraction of sp³-hybridized carbons (Fsp3) is 0.226. The Labute approximate surface area is 244 Å². The van der Waals surface area contributed by atoms with Crippen molar-refractivity contribution in [1.29, 1.82) is 0 Å². The summed E-state index contributed by atoms with van der Waals surface area (Å²) in [6, 6.07) is 17.3. The monoisotopic (exact) mass is 593 g/mol. The van der Waals surface area contributed by atoms with E-state index in [2.05, 4.69) is 15.4 Å². The fourth-order valence-electron chi connectivity index (χ4n) is 5.03. The van der Waals surface area contributed by atoms with E-state index >= 15 is 0 Å². The van der Waals surface area contributed by atoms with Crippen molar-refractivity contribution in [2.75, 3.05) is 11.9 Å². The van der Waals surface area contributed by atoms with Gasteiger partial charge in [-0.05, 0) is 79.4 Å². The lowest BCUT2D eigenvalue weighted by Gasteiger charge is -2.33. The van der Waals surface area contributed by atoms with E-state index in [1.165, 1.54) is 70.8 Å². The quantitative estimate of drug-likeness (QED) is 0.246. The summed E-state index contributed by atoms with van der Waals surface area (Å²) in [6.07, 6.45) is 1.32. The molecule has 8 nitrogen and oxygen atoms in total. The summed E-state index contributed by atoms with van der Waals surface area (Å²) in [5.74, 6) is -0.733. The van der Waals surface area contributed by atoms with E-state index in [-0.39, 0.29) is 30.9 Å². The van der Waals surface area contributed by atoms with Crippen LogP contribution in [0.4, 0.5) is 23.2 Å². The van der Waals surface area contributed by atoms with Crippen molar-refractivity contribution in [2.45, 2.75) is 31.6 Å². The fourth-order valence-corrected chi connectivity index (χ4v) is 5.03. The smallest absolute Gasteiger partial charge is 0.416 e. The van der Waals surface area contributed by atoms with E-state index in [0.29, 0.717) is 17.2 Å². The highest BCUT2D eigenvalue weighted by Crippen LogP contribution is 2.37. The number of nitrogens with one attached hydrogen (secondary N) is 1. The van der Waals surface area contributed by atoms with Crippen LogP contribution in [-0.4, -0.2) is 43.6 Å². The molecule has 1 fully saturated rings. The Hall–Kier alpha value is -5.00. The number of carbonyl (C=O) groups is 2. The SMILES string of the molecule is CC1(C(=O)Nc2ccc(Oc3ccc(F)cc3)cc2)CC(/C=C/c2ccccc2C(F)(F)F)CN1C(=O)Cn1cncn1. The van der Waals surface area contributed by atoms with Gasteiger partial charge in [0, 0.05) is 12.2 Å². The second-order valence-electron chi connectivity index (χ2n) is 10.3. The molecule has 1 aromatic heterocycles. The van der Waals surface area contributed by atoms with Crippen LogP contribution in [0.25, 0.3) is 6.08 Å². The zero-order valence-corrected chi connectivity index (χ0v) is 23.0. The number of ether oxygens (including phenoxy) is 1. The van der Waals surface area contributed by atoms with Gasteiger partial charge in [-0.2, -0.15) is 18.3 Å². The predicted octanol–water partition coefficient (Wildman–Crippen LogP) is 6.19. The summed E-state index contributed by atoms with van der Waals surface area (Å²) in [5, 5.41) is 6.81. The largest absolute Gasteiger partial charge is 0.457 e. The summed E-state index contributed by atoms with van der Waals surface area (Å²) in [5.41, 5.74) is -1.65. The number of amides is 2. The third kappa shape index (κ3) is 6.91. The van der Waals surface area contributed by atoms with E-state index in [1.807, 2.05) is 0 Å². The van der Waals surface area contributed by atoms with Crippen LogP contribution < -0.4 is 10.1 Å². The Balaban J connectivity index is 1.34. The third-order valence-electron chi connectivity index (χ3n) is 7.20. The number of anilines is 1. The molecule has 0 saturated carbocycles. The molecule has 1 N–H and O–H groups in total. The lowest BCUT2D eigenvalue weighted by molar-refractivity contribution is -0.142. The maximum Gasteiger partial charge on any atom is 0.416 e. The van der Waals surface area contributed by atoms with E-state index in [0.717, 1.165) is 6.07 Å². The van der Waals surface area contributed by atoms with Gasteiger partial charge in [0.25, 0.3) is 0 Å². The van der Waals surface area contributed by atoms with Crippen LogP contribution >= 0.6 is 0 Å². The summed E-state index contributed by atoms with van der Waals surface area (Å²) in [7, 11) is 0. The third-order valence-corrected chi connectivity index (χ3v) is 7.20. The molecule has 12 heteroatoms. The lowest BCUT2D eigenvalue weighted by Crippen LogP contribution is -2.54. The van der Waals surface area contributed by atoms with Crippen molar-refractivity contribution in [3.8, 4) is 11.5 Å². The Bertz CT molecular complexity index is 1610. The first-order valence-corrected chi connectivity index (χ1v) is 13.3. The lowest BCUT2D eigenvalue weighted by atomic mass is 9.92. The minimum absolute atomic E-state index is 0.00325. The van der Waals surface area contributed by atoms with E-state index in [1.54, 1.807) is 37.3 Å². The summed E-state index contributed by atoms with van der Waals surface area (Å²) in [6.45, 7) is 1.59. The van der Waals surface area contributed by atoms with Crippen LogP contribution in [0.15, 0.2) is 91.5 Å². The zero-order valence-electron chi connectivity index (χ0n) is 23.0. The number of halogens is 4. The van der Waals surface area contributed by atoms with Crippen molar-refractivity contribution in [3.05, 3.63) is 108 Å². The van der Waals surface area contributed by atoms with Gasteiger partial charge in [0.15, 0.2) is 0 Å². The molecule has 5 rings (SSSR count). The normalized spacial score (nSPS) is 18.6. The van der Waals surface area contributed by atoms with Crippen molar-refractivity contribution in [1.82, 2.24) is 19.7 Å². The van der Waals surface area contributed by atoms with Gasteiger partial charge in [0.1, 0.15) is 42.1 Å². The molecule has 0 bridgehead atoms. The van der Waals surface area contributed by atoms with Gasteiger partial charge in [-0.1, -0.05) is 30.4 Å². The molecule has 0 aliphatic carbocycles. The van der Waals surface area contributed by atoms with Crippen LogP contribution in [0, 0.1) is 11.7 Å². The van der Waals surface area contributed by atoms with Crippen LogP contribution in [0.5, 0.6) is 11.5 Å². The summed E-state index contributed by atoms with van der Waals surface area (Å²) in [4.78, 5) is 32.3. The van der Waals surface area contributed by atoms with Gasteiger partial charge in [0.2, 0.25) is 11.8 Å². The average Bonchev–Trinajstić information content (AvgIpc) is 3.62. The molecule has 1 aliphatic rings. The Kier molecular flexibility index (Phi) is 8.29. The highest BCUT2D eigenvalue weighted by molar-refractivity contribution is 6.00. The molecular formula is C31H27F4N5O3. The van der Waals surface area contributed by atoms with E-state index in [4.69, 9.17) is 4.74 Å². The topological polar surface area (TPSA) is 89.4 Å². The Morgan fingerprint density at radius 1 is 1.05 bits per heavy atom. The van der Waals surface area contributed by atoms with E-state index in [9.17, 15) is 27.2 Å². The van der Waals surface area contributed by atoms with Crippen LogP contribution in [0.3, 0.4) is 0 Å². The molecular weight excluding hydrogens is 566 g/mol. The summed E-state index contributed by atoms with van der Waals surface area (Å²) >= 11 is 0. The molecule has 2 heterocycles. The second kappa shape index (κ2) is 12.1. The minimum Gasteiger partial charge on any atom is -0.457 e. The molecule has 1 aliphatic heterocycles. The number of nitrogens with zero attached hydrogens (tertiary/aromatic N) is 4. The van der Waals surface area contributed by atoms with Gasteiger partial charge in [0.05, 0.1) is 5.56 Å². The number of hydrogen-bond acceptors (Lipinski definition) is 5. The molecule has 3 aromatic carbocycles. The van der Waals surface area contributed by atoms with Crippen LogP contribution in [0.2, 0.25) is 0 Å². The van der Waals surface area contributed by atoms with Crippen molar-refractivity contribution >= 4 is 23.6 Å². The molecule has 222 valence electrons. The summed E-state index contributed by atoms with van der Waals surface area (Å²) < 4.78 is 60.7. The molecule has 4 aromatic rings. The van der Waals surface area contributed by atoms with Gasteiger partial charge in [-0.25, -0.2) is 14.1 Å². The highest BCUT2D eigenvalue weighted by Gasteiger charge is 2.49. The van der Waals surface area contributed by atoms with Gasteiger partial charge in [-0.15, -0.1) is 0 Å². The maximum absolute atomic E-state index is 13.7. The minimum atomic E-state index is -4.52. The van der Waals surface area contributed by atoms with Gasteiger partial charge < -0.3 is 15.0 Å². The molecule has 2 unspecified atom stereocenters. The number of benzene rings is 3. The molecule has 43 heavy (non-hydrogen) atoms. The zero-order chi connectivity index (χ0) is 30.6. The van der Waals surface area contributed by atoms with Crippen molar-refractivity contribution < 1.29 is 31.9 Å². The van der Waals surface area contributed by atoms with Gasteiger partial charge >= 0.3 is 6.18 Å². The van der Waals surface area contributed by atoms with Gasteiger partial charge in [-0.3, -0.25) is 9.59 Å². The first kappa shape index (κ1) is 29.5. The van der Waals surface area contributed by atoms with Crippen molar-refractivity contribution in [2.24, 2.45) is 5.92 Å². The number of likely N-dealkylation sites (tertiary alicyclic amines) is 1. The second-order valence-corrected chi connectivity index (χ2v) is 10.3. The molecule has 0 spiro atoms. The number of aromatic nitrogens is 3. The Morgan fingerprint density at radius 3 is 2.37 bits per heavy atom. The van der Waals surface area contributed by atoms with Crippen LogP contribution in [0.1, 0.15) is 24.5 Å². The first-order chi connectivity index (χ1) is 20.5. The average molecular weight is 594 g/mol. The first-order valence-electron chi connectivity index (χ1n) is 13.3. The predicted molar refractivity (Wildman–Crippen MR) is 150 cm³/mol. The maximum atomic E-state index is 13.7. The van der Waals surface area contributed by atoms with E-state index < -0.39 is 35.0 Å². The number of alkyl halides is 3. The van der Waals surface area contributed by atoms with Crippen LogP contribution in [-0.2, 0) is 22.3 Å². The molecule has 2 amide bonds.